The van der Waals surface area contributed by atoms with Gasteiger partial charge >= 0.3 is 0 Å². The van der Waals surface area contributed by atoms with E-state index in [1.54, 1.807) is 0 Å². The number of aliphatic hydroxyl groups is 10. The maximum atomic E-state index is 14.1. The van der Waals surface area contributed by atoms with Gasteiger partial charge in [-0.3, -0.25) is 4.79 Å². The van der Waals surface area contributed by atoms with Crippen LogP contribution in [0, 0.1) is 0 Å². The first kappa shape index (κ1) is 40.7. The van der Waals surface area contributed by atoms with Gasteiger partial charge in [-0.05, 0) is 18.2 Å². The zero-order chi connectivity index (χ0) is 40.0. The molecule has 22 nitrogen and oxygen atoms in total. The van der Waals surface area contributed by atoms with Crippen molar-refractivity contribution in [2.45, 2.75) is 92.1 Å². The van der Waals surface area contributed by atoms with E-state index in [4.69, 9.17) is 32.8 Å². The van der Waals surface area contributed by atoms with Crippen molar-refractivity contribution in [1.82, 2.24) is 0 Å². The fraction of sp³-hybridized carbons (Fsp3) is 0.545. The number of aromatic hydroxyl groups is 4. The Morgan fingerprint density at radius 2 is 1.18 bits per heavy atom. The predicted octanol–water partition coefficient (Wildman–Crippen LogP) is -4.89. The quantitative estimate of drug-likeness (QED) is 0.0856. The summed E-state index contributed by atoms with van der Waals surface area (Å²) >= 11 is 0. The van der Waals surface area contributed by atoms with E-state index in [1.807, 2.05) is 0 Å². The fourth-order valence-electron chi connectivity index (χ4n) is 6.36. The number of hydrogen-bond acceptors (Lipinski definition) is 22. The average Bonchev–Trinajstić information content (AvgIpc) is 3.15. The average molecular weight is 789 g/mol. The second kappa shape index (κ2) is 16.3. The molecule has 0 saturated carbocycles. The molecule has 0 aliphatic carbocycles. The number of phenolic OH excluding ortho intramolecular Hbond substituents is 4. The van der Waals surface area contributed by atoms with Gasteiger partial charge in [0.15, 0.2) is 35.9 Å². The van der Waals surface area contributed by atoms with Crippen molar-refractivity contribution in [2.24, 2.45) is 0 Å². The van der Waals surface area contributed by atoms with Crippen molar-refractivity contribution in [3.05, 3.63) is 40.6 Å². The van der Waals surface area contributed by atoms with Crippen LogP contribution in [-0.2, 0) is 23.7 Å². The maximum Gasteiger partial charge on any atom is 0.239 e. The lowest BCUT2D eigenvalue weighted by Gasteiger charge is -2.46. The SMILES string of the molecule is O=c1c(O[C@@H]2O[C@H](CO[C@@H]3O[C@H](CO)[C@@H](O)[C@H](O)[C@H]3O)[C@@H](O)[C@H](O)[C@H]2O[C@@H]2O[C@H](CO)[C@@H](O)[C@H](O)[C@H]2O)c(-c2ccc(O)c(O)c2)oc2cc(O)cc(O)c12. The first-order valence-electron chi connectivity index (χ1n) is 16.7. The summed E-state index contributed by atoms with van der Waals surface area (Å²) in [6.45, 7) is -2.49. The molecule has 3 aliphatic heterocycles. The summed E-state index contributed by atoms with van der Waals surface area (Å²) in [6, 6.07) is 4.93. The summed E-state index contributed by atoms with van der Waals surface area (Å²) in [7, 11) is 0. The van der Waals surface area contributed by atoms with Crippen LogP contribution in [0.4, 0.5) is 0 Å². The monoisotopic (exact) mass is 788 g/mol. The third kappa shape index (κ3) is 7.76. The molecule has 3 saturated heterocycles. The van der Waals surface area contributed by atoms with E-state index in [9.17, 15) is 76.3 Å². The van der Waals surface area contributed by atoms with Gasteiger partial charge in [-0.25, -0.2) is 0 Å². The second-order valence-corrected chi connectivity index (χ2v) is 13.1. The minimum atomic E-state index is -2.14. The van der Waals surface area contributed by atoms with Gasteiger partial charge in [0.1, 0.15) is 89.6 Å². The highest BCUT2D eigenvalue weighted by molar-refractivity contribution is 5.88. The maximum absolute atomic E-state index is 14.1. The second-order valence-electron chi connectivity index (χ2n) is 13.1. The number of hydrogen-bond donors (Lipinski definition) is 14. The van der Waals surface area contributed by atoms with Gasteiger partial charge in [-0.1, -0.05) is 0 Å². The Morgan fingerprint density at radius 3 is 1.80 bits per heavy atom. The highest BCUT2D eigenvalue weighted by Gasteiger charge is 2.53. The number of benzene rings is 2. The van der Waals surface area contributed by atoms with Crippen LogP contribution < -0.4 is 10.2 Å². The van der Waals surface area contributed by atoms with E-state index in [0.29, 0.717) is 0 Å². The molecule has 3 fully saturated rings. The summed E-state index contributed by atoms with van der Waals surface area (Å²) in [5.74, 6) is -3.93. The van der Waals surface area contributed by atoms with Gasteiger partial charge in [0, 0.05) is 17.7 Å². The summed E-state index contributed by atoms with van der Waals surface area (Å²) in [5.41, 5.74) is -1.68. The molecule has 2 aromatic carbocycles. The van der Waals surface area contributed by atoms with Gasteiger partial charge in [-0.15, -0.1) is 0 Å². The van der Waals surface area contributed by atoms with Crippen LogP contribution in [0.25, 0.3) is 22.3 Å². The van der Waals surface area contributed by atoms with Crippen LogP contribution in [0.2, 0.25) is 0 Å². The Morgan fingerprint density at radius 1 is 0.600 bits per heavy atom. The molecule has 15 atom stereocenters. The molecule has 0 unspecified atom stereocenters. The Balaban J connectivity index is 1.40. The zero-order valence-corrected chi connectivity index (χ0v) is 28.2. The fourth-order valence-corrected chi connectivity index (χ4v) is 6.36. The molecule has 1 aromatic heterocycles. The molecular formula is C33H40O22. The predicted molar refractivity (Wildman–Crippen MR) is 174 cm³/mol. The first-order chi connectivity index (χ1) is 26.1. The molecular weight excluding hydrogens is 748 g/mol. The van der Waals surface area contributed by atoms with E-state index < -0.39 is 163 Å². The number of aliphatic hydroxyl groups excluding tert-OH is 10. The molecule has 4 heterocycles. The highest BCUT2D eigenvalue weighted by atomic mass is 16.8. The Labute approximate surface area is 307 Å². The largest absolute Gasteiger partial charge is 0.508 e. The Hall–Kier alpha value is -3.95. The summed E-state index contributed by atoms with van der Waals surface area (Å²) in [4.78, 5) is 14.1. The summed E-state index contributed by atoms with van der Waals surface area (Å²) in [6.07, 6.45) is -28.0. The zero-order valence-electron chi connectivity index (χ0n) is 28.2. The molecule has 14 N–H and O–H groups in total. The molecule has 0 radical (unpaired) electrons. The van der Waals surface area contributed by atoms with Gasteiger partial charge < -0.3 is 104 Å². The molecule has 0 amide bonds. The van der Waals surface area contributed by atoms with E-state index in [0.717, 1.165) is 24.3 Å². The number of fused-ring (bicyclic) bond motifs is 1. The van der Waals surface area contributed by atoms with Crippen molar-refractivity contribution < 1.29 is 104 Å². The minimum Gasteiger partial charge on any atom is -0.508 e. The van der Waals surface area contributed by atoms with Crippen molar-refractivity contribution >= 4 is 11.0 Å². The number of rotatable bonds is 10. The van der Waals surface area contributed by atoms with Crippen LogP contribution >= 0.6 is 0 Å². The van der Waals surface area contributed by atoms with Gasteiger partial charge in [0.05, 0.1) is 19.8 Å². The third-order valence-corrected chi connectivity index (χ3v) is 9.45. The molecule has 304 valence electrons. The van der Waals surface area contributed by atoms with Crippen molar-refractivity contribution in [1.29, 1.82) is 0 Å². The lowest BCUT2D eigenvalue weighted by atomic mass is 9.97. The molecule has 55 heavy (non-hydrogen) atoms. The lowest BCUT2D eigenvalue weighted by Crippen LogP contribution is -2.65. The number of phenols is 4. The van der Waals surface area contributed by atoms with E-state index >= 15 is 0 Å². The van der Waals surface area contributed by atoms with E-state index in [1.165, 1.54) is 6.07 Å². The normalized spacial score (nSPS) is 36.9. The molecule has 3 aromatic rings. The van der Waals surface area contributed by atoms with Crippen molar-refractivity contribution in [3.8, 4) is 40.1 Å². The summed E-state index contributed by atoms with van der Waals surface area (Å²) in [5, 5.41) is 144. The van der Waals surface area contributed by atoms with Crippen LogP contribution in [0.15, 0.2) is 39.5 Å². The van der Waals surface area contributed by atoms with Crippen LogP contribution in [0.3, 0.4) is 0 Å². The highest BCUT2D eigenvalue weighted by Crippen LogP contribution is 2.40. The summed E-state index contributed by atoms with van der Waals surface area (Å²) < 4.78 is 39.6. The first-order valence-corrected chi connectivity index (χ1v) is 16.7. The van der Waals surface area contributed by atoms with Crippen LogP contribution in [-0.4, -0.2) is 183 Å². The number of ether oxygens (including phenoxy) is 6. The lowest BCUT2D eigenvalue weighted by molar-refractivity contribution is -0.363. The van der Waals surface area contributed by atoms with E-state index in [-0.39, 0.29) is 5.56 Å². The molecule has 6 rings (SSSR count). The van der Waals surface area contributed by atoms with Crippen LogP contribution in [0.1, 0.15) is 0 Å². The topological polar surface area (TPSA) is 369 Å². The van der Waals surface area contributed by atoms with Crippen molar-refractivity contribution in [2.75, 3.05) is 19.8 Å². The molecule has 0 spiro atoms. The third-order valence-electron chi connectivity index (χ3n) is 9.45. The molecule has 22 heteroatoms. The van der Waals surface area contributed by atoms with Gasteiger partial charge in [0.25, 0.3) is 0 Å². The van der Waals surface area contributed by atoms with Crippen molar-refractivity contribution in [3.63, 3.8) is 0 Å². The smallest absolute Gasteiger partial charge is 0.239 e. The Kier molecular flexibility index (Phi) is 12.0. The van der Waals surface area contributed by atoms with Gasteiger partial charge in [0.2, 0.25) is 17.5 Å². The van der Waals surface area contributed by atoms with E-state index in [2.05, 4.69) is 0 Å². The Bertz CT molecular complexity index is 1870. The van der Waals surface area contributed by atoms with Crippen LogP contribution in [0.5, 0.6) is 28.7 Å². The molecule has 3 aliphatic rings. The standard InChI is InChI=1S/C33H40O22/c34-6-15-19(40)23(44)26(47)31(51-15)49-8-17-21(42)25(46)30(55-32-27(48)24(45)20(41)16(7-35)52-32)33(53-17)54-29-22(43)18-13(39)4-10(36)5-14(18)50-28(29)9-1-2-11(37)12(38)3-9/h1-5,15-17,19-21,23-27,30-42,44-48H,6-8H2/t15-,16-,17-,19-,20-,21-,23+,24+,25+,26-,27-,30-,31-,32+,33+/m1/s1. The minimum absolute atomic E-state index is 0.141. The molecule has 0 bridgehead atoms. The van der Waals surface area contributed by atoms with Gasteiger partial charge in [-0.2, -0.15) is 0 Å².